The average Bonchev–Trinajstić information content (AvgIpc) is 2.53. The number of ketones is 1. The van der Waals surface area contributed by atoms with E-state index in [1.54, 1.807) is 12.1 Å². The molecule has 0 aliphatic rings. The van der Waals surface area contributed by atoms with Crippen LogP contribution in [-0.4, -0.2) is 35.3 Å². The topological polar surface area (TPSA) is 96.2 Å². The summed E-state index contributed by atoms with van der Waals surface area (Å²) in [7, 11) is 2.80. The normalized spacial score (nSPS) is 10.7. The van der Waals surface area contributed by atoms with Gasteiger partial charge in [-0.1, -0.05) is 12.1 Å². The summed E-state index contributed by atoms with van der Waals surface area (Å²) in [5.74, 6) is -0.825. The highest BCUT2D eigenvalue weighted by Crippen LogP contribution is 2.33. The van der Waals surface area contributed by atoms with E-state index in [0.29, 0.717) is 5.56 Å². The Balaban J connectivity index is 2.29. The van der Waals surface area contributed by atoms with Crippen molar-refractivity contribution in [3.05, 3.63) is 47.5 Å². The Labute approximate surface area is 132 Å². The predicted molar refractivity (Wildman–Crippen MR) is 84.3 cm³/mol. The maximum atomic E-state index is 12.2. The van der Waals surface area contributed by atoms with Gasteiger partial charge in [0.05, 0.1) is 14.2 Å². The number of allylic oxidation sites excluding steroid dienone is 1. The van der Waals surface area contributed by atoms with Gasteiger partial charge in [-0.2, -0.15) is 0 Å². The number of phenols is 3. The van der Waals surface area contributed by atoms with Crippen molar-refractivity contribution < 1.29 is 29.6 Å². The molecule has 0 unspecified atom stereocenters. The predicted octanol–water partition coefficient (Wildman–Crippen LogP) is 2.72. The molecule has 2 rings (SSSR count). The zero-order valence-corrected chi connectivity index (χ0v) is 12.6. The molecule has 0 saturated heterocycles. The lowest BCUT2D eigenvalue weighted by Gasteiger charge is -2.07. The van der Waals surface area contributed by atoms with Gasteiger partial charge in [0, 0.05) is 12.1 Å². The van der Waals surface area contributed by atoms with Crippen LogP contribution < -0.4 is 9.47 Å². The van der Waals surface area contributed by atoms with Crippen molar-refractivity contribution in [3.63, 3.8) is 0 Å². The van der Waals surface area contributed by atoms with Gasteiger partial charge in [-0.15, -0.1) is 0 Å². The largest absolute Gasteiger partial charge is 0.507 e. The molecule has 0 aromatic heterocycles. The molecule has 0 fully saturated rings. The van der Waals surface area contributed by atoms with Gasteiger partial charge in [0.2, 0.25) is 0 Å². The maximum absolute atomic E-state index is 12.2. The molecule has 3 N–H and O–H groups in total. The van der Waals surface area contributed by atoms with Crippen LogP contribution in [0.1, 0.15) is 15.9 Å². The summed E-state index contributed by atoms with van der Waals surface area (Å²) in [5, 5.41) is 29.2. The van der Waals surface area contributed by atoms with Crippen LogP contribution in [0.2, 0.25) is 0 Å². The van der Waals surface area contributed by atoms with E-state index in [1.807, 2.05) is 0 Å². The van der Waals surface area contributed by atoms with Crippen LogP contribution in [0.5, 0.6) is 28.7 Å². The van der Waals surface area contributed by atoms with Crippen molar-refractivity contribution in [1.29, 1.82) is 0 Å². The molecule has 6 heteroatoms. The fourth-order valence-electron chi connectivity index (χ4n) is 2.01. The zero-order valence-electron chi connectivity index (χ0n) is 12.6. The molecule has 0 bridgehead atoms. The Hall–Kier alpha value is -3.15. The summed E-state index contributed by atoms with van der Waals surface area (Å²) in [4.78, 5) is 12.2. The van der Waals surface area contributed by atoms with Gasteiger partial charge in [0.15, 0.2) is 17.3 Å². The van der Waals surface area contributed by atoms with Crippen molar-refractivity contribution in [2.75, 3.05) is 14.2 Å². The lowest BCUT2D eigenvalue weighted by Crippen LogP contribution is -1.97. The molecule has 0 aliphatic heterocycles. The van der Waals surface area contributed by atoms with Gasteiger partial charge in [0.25, 0.3) is 0 Å². The molecule has 0 atom stereocenters. The summed E-state index contributed by atoms with van der Waals surface area (Å²) < 4.78 is 9.87. The van der Waals surface area contributed by atoms with Crippen LogP contribution in [0, 0.1) is 0 Å². The average molecular weight is 316 g/mol. The van der Waals surface area contributed by atoms with E-state index in [2.05, 4.69) is 0 Å². The summed E-state index contributed by atoms with van der Waals surface area (Å²) in [6, 6.07) is 7.06. The van der Waals surface area contributed by atoms with E-state index >= 15 is 0 Å². The molecule has 0 radical (unpaired) electrons. The minimum absolute atomic E-state index is 0.0126. The minimum atomic E-state index is -0.574. The number of methoxy groups -OCH3 is 2. The number of hydrogen-bond donors (Lipinski definition) is 3. The van der Waals surface area contributed by atoms with E-state index in [0.717, 1.165) is 0 Å². The van der Waals surface area contributed by atoms with E-state index in [1.165, 1.54) is 44.6 Å². The van der Waals surface area contributed by atoms with E-state index in [9.17, 15) is 20.1 Å². The Bertz CT molecular complexity index is 741. The summed E-state index contributed by atoms with van der Waals surface area (Å²) in [5.41, 5.74) is 0.397. The first-order valence-corrected chi connectivity index (χ1v) is 6.65. The van der Waals surface area contributed by atoms with Crippen LogP contribution in [-0.2, 0) is 0 Å². The molecule has 120 valence electrons. The van der Waals surface area contributed by atoms with Gasteiger partial charge < -0.3 is 24.8 Å². The number of hydrogen-bond acceptors (Lipinski definition) is 6. The summed E-state index contributed by atoms with van der Waals surface area (Å²) in [6.07, 6.45) is 2.68. The summed E-state index contributed by atoms with van der Waals surface area (Å²) >= 11 is 0. The van der Waals surface area contributed by atoms with Gasteiger partial charge in [-0.05, 0) is 23.8 Å². The van der Waals surface area contributed by atoms with Crippen LogP contribution in [0.4, 0.5) is 0 Å². The molecular weight excluding hydrogens is 300 g/mol. The highest BCUT2D eigenvalue weighted by molar-refractivity contribution is 6.10. The van der Waals surface area contributed by atoms with Gasteiger partial charge in [-0.25, -0.2) is 0 Å². The van der Waals surface area contributed by atoms with Gasteiger partial charge in [-0.3, -0.25) is 4.79 Å². The highest BCUT2D eigenvalue weighted by atomic mass is 16.5. The second-order valence-electron chi connectivity index (χ2n) is 4.67. The number of phenolic OH excluding ortho intramolecular Hbond substituents is 3. The number of carbonyl (C=O) groups excluding carboxylic acids is 1. The van der Waals surface area contributed by atoms with Crippen molar-refractivity contribution in [1.82, 2.24) is 0 Å². The van der Waals surface area contributed by atoms with Crippen LogP contribution >= 0.6 is 0 Å². The molecule has 2 aromatic rings. The second-order valence-corrected chi connectivity index (χ2v) is 4.67. The molecule has 23 heavy (non-hydrogen) atoms. The van der Waals surface area contributed by atoms with Gasteiger partial charge in [0.1, 0.15) is 22.8 Å². The Morgan fingerprint density at radius 3 is 2.17 bits per heavy atom. The molecule has 0 spiro atoms. The van der Waals surface area contributed by atoms with Crippen LogP contribution in [0.25, 0.3) is 6.08 Å². The lowest BCUT2D eigenvalue weighted by molar-refractivity contribution is 0.104. The Morgan fingerprint density at radius 1 is 0.957 bits per heavy atom. The number of benzene rings is 2. The van der Waals surface area contributed by atoms with Crippen molar-refractivity contribution in [2.45, 2.75) is 0 Å². The quantitative estimate of drug-likeness (QED) is 0.580. The Morgan fingerprint density at radius 2 is 1.61 bits per heavy atom. The van der Waals surface area contributed by atoms with Crippen molar-refractivity contribution in [3.8, 4) is 28.7 Å². The van der Waals surface area contributed by atoms with Crippen molar-refractivity contribution in [2.24, 2.45) is 0 Å². The molecule has 2 aromatic carbocycles. The summed E-state index contributed by atoms with van der Waals surface area (Å²) in [6.45, 7) is 0. The third-order valence-corrected chi connectivity index (χ3v) is 3.18. The smallest absolute Gasteiger partial charge is 0.193 e. The van der Waals surface area contributed by atoms with E-state index < -0.39 is 5.78 Å². The molecule has 0 heterocycles. The minimum Gasteiger partial charge on any atom is -0.507 e. The first kappa shape index (κ1) is 16.2. The standard InChI is InChI=1S/C17H16O6/c1-22-11-8-14(20)17(15(21)9-11)13(19)6-4-10-3-5-12(18)16(7-10)23-2/h3-9,18,20-21H,1-2H3. The highest BCUT2D eigenvalue weighted by Gasteiger charge is 2.16. The second kappa shape index (κ2) is 6.74. The number of carbonyl (C=O) groups is 1. The Kier molecular flexibility index (Phi) is 4.75. The van der Waals surface area contributed by atoms with E-state index in [-0.39, 0.29) is 34.3 Å². The molecule has 0 aliphatic carbocycles. The number of aromatic hydroxyl groups is 3. The number of ether oxygens (including phenoxy) is 2. The van der Waals surface area contributed by atoms with Crippen LogP contribution in [0.15, 0.2) is 36.4 Å². The molecular formula is C17H16O6. The lowest BCUT2D eigenvalue weighted by atomic mass is 10.1. The molecule has 0 amide bonds. The fourth-order valence-corrected chi connectivity index (χ4v) is 2.01. The molecule has 0 saturated carbocycles. The van der Waals surface area contributed by atoms with E-state index in [4.69, 9.17) is 9.47 Å². The first-order chi connectivity index (χ1) is 11.0. The zero-order chi connectivity index (χ0) is 17.0. The van der Waals surface area contributed by atoms with Gasteiger partial charge >= 0.3 is 0 Å². The molecule has 6 nitrogen and oxygen atoms in total. The maximum Gasteiger partial charge on any atom is 0.193 e. The SMILES string of the molecule is COc1cc(O)c(C(=O)C=Cc2ccc(O)c(OC)c2)c(O)c1. The van der Waals surface area contributed by atoms with Crippen LogP contribution in [0.3, 0.4) is 0 Å². The monoisotopic (exact) mass is 316 g/mol. The van der Waals surface area contributed by atoms with Crippen molar-refractivity contribution >= 4 is 11.9 Å². The number of rotatable bonds is 5. The third-order valence-electron chi connectivity index (χ3n) is 3.18. The fraction of sp³-hybridized carbons (Fsp3) is 0.118. The first-order valence-electron chi connectivity index (χ1n) is 6.65. The third kappa shape index (κ3) is 3.55.